The number of thiophene rings is 1. The summed E-state index contributed by atoms with van der Waals surface area (Å²) in [5.74, 6) is 0. The van der Waals surface area contributed by atoms with Gasteiger partial charge < -0.3 is 4.90 Å². The molecule has 0 unspecified atom stereocenters. The minimum atomic E-state index is 0.873. The SMILES string of the molecule is Cn1ncc(CN2CCCCc3sccc32)n1. The van der Waals surface area contributed by atoms with Crippen LogP contribution in [0.4, 0.5) is 5.69 Å². The molecule has 0 amide bonds. The number of aromatic nitrogens is 3. The molecule has 17 heavy (non-hydrogen) atoms. The molecule has 0 atom stereocenters. The van der Waals surface area contributed by atoms with Crippen molar-refractivity contribution in [2.45, 2.75) is 25.8 Å². The van der Waals surface area contributed by atoms with E-state index < -0.39 is 0 Å². The van der Waals surface area contributed by atoms with Gasteiger partial charge in [0, 0.05) is 18.5 Å². The molecule has 90 valence electrons. The molecule has 0 radical (unpaired) electrons. The minimum absolute atomic E-state index is 0.873. The first-order valence-electron chi connectivity index (χ1n) is 5.99. The van der Waals surface area contributed by atoms with Gasteiger partial charge in [0.05, 0.1) is 18.4 Å². The van der Waals surface area contributed by atoms with E-state index in [9.17, 15) is 0 Å². The first kappa shape index (κ1) is 10.8. The van der Waals surface area contributed by atoms with Gasteiger partial charge in [0.15, 0.2) is 0 Å². The Kier molecular flexibility index (Phi) is 2.84. The summed E-state index contributed by atoms with van der Waals surface area (Å²) >= 11 is 1.88. The Morgan fingerprint density at radius 1 is 1.41 bits per heavy atom. The second kappa shape index (κ2) is 4.49. The summed E-state index contributed by atoms with van der Waals surface area (Å²) in [6.07, 6.45) is 5.65. The Balaban J connectivity index is 1.83. The zero-order valence-electron chi connectivity index (χ0n) is 9.96. The van der Waals surface area contributed by atoms with E-state index in [1.807, 2.05) is 24.6 Å². The van der Waals surface area contributed by atoms with Crippen LogP contribution in [0.2, 0.25) is 0 Å². The highest BCUT2D eigenvalue weighted by Crippen LogP contribution is 2.31. The van der Waals surface area contributed by atoms with Gasteiger partial charge in [-0.2, -0.15) is 15.0 Å². The molecular weight excluding hydrogens is 232 g/mol. The lowest BCUT2D eigenvalue weighted by atomic mass is 10.2. The Bertz CT molecular complexity index is 502. The normalized spacial score (nSPS) is 15.7. The van der Waals surface area contributed by atoms with Gasteiger partial charge in [-0.25, -0.2) is 0 Å². The molecule has 0 spiro atoms. The molecule has 0 saturated heterocycles. The summed E-state index contributed by atoms with van der Waals surface area (Å²) in [6, 6.07) is 2.24. The van der Waals surface area contributed by atoms with Gasteiger partial charge in [-0.15, -0.1) is 11.3 Å². The molecule has 5 heteroatoms. The maximum atomic E-state index is 4.36. The highest BCUT2D eigenvalue weighted by molar-refractivity contribution is 7.10. The summed E-state index contributed by atoms with van der Waals surface area (Å²) in [5.41, 5.74) is 2.45. The highest BCUT2D eigenvalue weighted by Gasteiger charge is 2.17. The summed E-state index contributed by atoms with van der Waals surface area (Å²) < 4.78 is 0. The Morgan fingerprint density at radius 2 is 2.35 bits per heavy atom. The predicted octanol–water partition coefficient (Wildman–Crippen LogP) is 2.22. The van der Waals surface area contributed by atoms with Gasteiger partial charge in [0.1, 0.15) is 5.69 Å². The van der Waals surface area contributed by atoms with Gasteiger partial charge in [0.2, 0.25) is 0 Å². The number of anilines is 1. The fourth-order valence-electron chi connectivity index (χ4n) is 2.33. The maximum absolute atomic E-state index is 4.36. The van der Waals surface area contributed by atoms with Crippen molar-refractivity contribution in [3.8, 4) is 0 Å². The molecule has 2 aromatic rings. The number of fused-ring (bicyclic) bond motifs is 1. The minimum Gasteiger partial charge on any atom is -0.365 e. The summed E-state index contributed by atoms with van der Waals surface area (Å²) in [5, 5.41) is 10.7. The predicted molar refractivity (Wildman–Crippen MR) is 69.3 cm³/mol. The van der Waals surface area contributed by atoms with Crippen LogP contribution in [0, 0.1) is 0 Å². The number of hydrogen-bond donors (Lipinski definition) is 0. The molecule has 0 aromatic carbocycles. The quantitative estimate of drug-likeness (QED) is 0.817. The van der Waals surface area contributed by atoms with Crippen LogP contribution in [0.3, 0.4) is 0 Å². The van der Waals surface area contributed by atoms with Crippen LogP contribution < -0.4 is 4.90 Å². The van der Waals surface area contributed by atoms with E-state index in [4.69, 9.17) is 0 Å². The number of nitrogens with zero attached hydrogens (tertiary/aromatic N) is 4. The third kappa shape index (κ3) is 2.20. The van der Waals surface area contributed by atoms with Gasteiger partial charge >= 0.3 is 0 Å². The van der Waals surface area contributed by atoms with Crippen LogP contribution in [-0.4, -0.2) is 21.5 Å². The standard InChI is InChI=1S/C12H16N4S/c1-15-13-8-10(14-15)9-16-6-3-2-4-12-11(16)5-7-17-12/h5,7-8H,2-4,6,9H2,1H3. The molecule has 0 fully saturated rings. The second-order valence-corrected chi connectivity index (χ2v) is 5.43. The Hall–Kier alpha value is -1.36. The fourth-order valence-corrected chi connectivity index (χ4v) is 3.27. The average molecular weight is 248 g/mol. The zero-order valence-corrected chi connectivity index (χ0v) is 10.8. The first-order valence-corrected chi connectivity index (χ1v) is 6.87. The van der Waals surface area contributed by atoms with Crippen molar-refractivity contribution in [3.05, 3.63) is 28.2 Å². The molecule has 0 saturated carbocycles. The van der Waals surface area contributed by atoms with Crippen LogP contribution in [0.25, 0.3) is 0 Å². The molecule has 3 heterocycles. The lowest BCUT2D eigenvalue weighted by Crippen LogP contribution is -2.23. The van der Waals surface area contributed by atoms with E-state index in [-0.39, 0.29) is 0 Å². The third-order valence-electron chi connectivity index (χ3n) is 3.14. The largest absolute Gasteiger partial charge is 0.365 e. The van der Waals surface area contributed by atoms with E-state index in [1.165, 1.54) is 29.8 Å². The summed E-state index contributed by atoms with van der Waals surface area (Å²) in [7, 11) is 1.86. The van der Waals surface area contributed by atoms with E-state index in [0.717, 1.165) is 18.8 Å². The Labute approximate surface area is 105 Å². The maximum Gasteiger partial charge on any atom is 0.102 e. The third-order valence-corrected chi connectivity index (χ3v) is 4.11. The van der Waals surface area contributed by atoms with Crippen molar-refractivity contribution in [3.63, 3.8) is 0 Å². The monoisotopic (exact) mass is 248 g/mol. The molecule has 3 rings (SSSR count). The van der Waals surface area contributed by atoms with Crippen molar-refractivity contribution in [1.82, 2.24) is 15.0 Å². The molecule has 0 N–H and O–H groups in total. The molecule has 1 aliphatic rings. The van der Waals surface area contributed by atoms with Gasteiger partial charge in [-0.3, -0.25) is 0 Å². The van der Waals surface area contributed by atoms with Gasteiger partial charge in [-0.1, -0.05) is 0 Å². The molecular formula is C12H16N4S. The molecule has 0 bridgehead atoms. The average Bonchev–Trinajstić information content (AvgIpc) is 2.88. The first-order chi connectivity index (χ1) is 8.33. The van der Waals surface area contributed by atoms with E-state index >= 15 is 0 Å². The van der Waals surface area contributed by atoms with Crippen molar-refractivity contribution in [2.75, 3.05) is 11.4 Å². The summed E-state index contributed by atoms with van der Waals surface area (Å²) in [4.78, 5) is 5.58. The number of rotatable bonds is 2. The lowest BCUT2D eigenvalue weighted by molar-refractivity contribution is 0.637. The summed E-state index contributed by atoms with van der Waals surface area (Å²) in [6.45, 7) is 2.00. The van der Waals surface area contributed by atoms with Crippen LogP contribution in [0.1, 0.15) is 23.4 Å². The Morgan fingerprint density at radius 3 is 3.18 bits per heavy atom. The zero-order chi connectivity index (χ0) is 11.7. The van der Waals surface area contributed by atoms with Gasteiger partial charge in [0.25, 0.3) is 0 Å². The van der Waals surface area contributed by atoms with Crippen molar-refractivity contribution in [2.24, 2.45) is 7.05 Å². The van der Waals surface area contributed by atoms with Crippen molar-refractivity contribution >= 4 is 17.0 Å². The molecule has 1 aliphatic heterocycles. The highest BCUT2D eigenvalue weighted by atomic mass is 32.1. The lowest BCUT2D eigenvalue weighted by Gasteiger charge is -2.21. The van der Waals surface area contributed by atoms with Crippen molar-refractivity contribution < 1.29 is 0 Å². The molecule has 2 aromatic heterocycles. The van der Waals surface area contributed by atoms with Crippen LogP contribution in [0.5, 0.6) is 0 Å². The van der Waals surface area contributed by atoms with E-state index in [0.29, 0.717) is 0 Å². The van der Waals surface area contributed by atoms with Gasteiger partial charge in [-0.05, 0) is 30.7 Å². The van der Waals surface area contributed by atoms with Crippen LogP contribution in [-0.2, 0) is 20.0 Å². The smallest absolute Gasteiger partial charge is 0.102 e. The molecule has 4 nitrogen and oxygen atoms in total. The number of hydrogen-bond acceptors (Lipinski definition) is 4. The second-order valence-electron chi connectivity index (χ2n) is 4.43. The van der Waals surface area contributed by atoms with E-state index in [1.54, 1.807) is 4.80 Å². The number of aryl methyl sites for hydroxylation is 2. The van der Waals surface area contributed by atoms with E-state index in [2.05, 4.69) is 26.5 Å². The van der Waals surface area contributed by atoms with Crippen LogP contribution in [0.15, 0.2) is 17.6 Å². The van der Waals surface area contributed by atoms with Crippen LogP contribution >= 0.6 is 11.3 Å². The van der Waals surface area contributed by atoms with Crippen molar-refractivity contribution in [1.29, 1.82) is 0 Å². The topological polar surface area (TPSA) is 34.0 Å². The molecule has 0 aliphatic carbocycles. The fraction of sp³-hybridized carbons (Fsp3) is 0.500.